The summed E-state index contributed by atoms with van der Waals surface area (Å²) in [6.07, 6.45) is 0.297. The largest absolute Gasteiger partial charge is 0.460 e. The van der Waals surface area contributed by atoms with Gasteiger partial charge >= 0.3 is 5.97 Å². The molecule has 0 spiro atoms. The van der Waals surface area contributed by atoms with Gasteiger partial charge in [0.2, 0.25) is 0 Å². The number of ether oxygens (including phenoxy) is 1. The lowest BCUT2D eigenvalue weighted by molar-refractivity contribution is -0.153. The Hall–Kier alpha value is -1.35. The number of carbonyl (C=O) groups is 1. The highest BCUT2D eigenvalue weighted by molar-refractivity contribution is 5.73. The van der Waals surface area contributed by atoms with Gasteiger partial charge in [0.1, 0.15) is 5.60 Å². The Morgan fingerprint density at radius 3 is 2.50 bits per heavy atom. The molecule has 2 N–H and O–H groups in total. The Morgan fingerprint density at radius 2 is 1.94 bits per heavy atom. The molecule has 1 rings (SSSR count). The molecular weight excluding hydrogens is 202 g/mol. The van der Waals surface area contributed by atoms with E-state index in [-0.39, 0.29) is 5.97 Å². The zero-order valence-corrected chi connectivity index (χ0v) is 10.1. The van der Waals surface area contributed by atoms with Gasteiger partial charge in [0.25, 0.3) is 0 Å². The van der Waals surface area contributed by atoms with Gasteiger partial charge in [-0.1, -0.05) is 24.3 Å². The molecule has 1 aromatic rings. The summed E-state index contributed by atoms with van der Waals surface area (Å²) in [6, 6.07) is 7.69. The van der Waals surface area contributed by atoms with Crippen molar-refractivity contribution < 1.29 is 9.53 Å². The van der Waals surface area contributed by atoms with Crippen LogP contribution in [0, 0.1) is 0 Å². The van der Waals surface area contributed by atoms with Crippen molar-refractivity contribution in [2.75, 3.05) is 0 Å². The third-order valence-corrected chi connectivity index (χ3v) is 2.00. The van der Waals surface area contributed by atoms with Crippen LogP contribution in [0.25, 0.3) is 0 Å². The molecule has 0 bridgehead atoms. The first kappa shape index (κ1) is 12.7. The van der Waals surface area contributed by atoms with Gasteiger partial charge in [-0.3, -0.25) is 4.79 Å². The molecule has 0 fully saturated rings. The highest BCUT2D eigenvalue weighted by atomic mass is 16.6. The molecule has 0 aliphatic carbocycles. The maximum atomic E-state index is 11.6. The summed E-state index contributed by atoms with van der Waals surface area (Å²) in [5.41, 5.74) is 7.08. The van der Waals surface area contributed by atoms with E-state index < -0.39 is 5.60 Å². The van der Waals surface area contributed by atoms with Gasteiger partial charge in [-0.15, -0.1) is 0 Å². The van der Waals surface area contributed by atoms with Crippen LogP contribution in [0.4, 0.5) is 0 Å². The summed E-state index contributed by atoms with van der Waals surface area (Å²) in [4.78, 5) is 11.6. The van der Waals surface area contributed by atoms with Gasteiger partial charge in [-0.05, 0) is 31.9 Å². The first-order chi connectivity index (χ1) is 7.40. The third kappa shape index (κ3) is 4.45. The predicted octanol–water partition coefficient (Wildman–Crippen LogP) is 2.03. The molecule has 1 aromatic carbocycles. The maximum Gasteiger partial charge on any atom is 0.310 e. The minimum Gasteiger partial charge on any atom is -0.460 e. The SMILES string of the molecule is CC(C)(C)OC(=O)Cc1cccc(CN)c1. The number of carbonyl (C=O) groups excluding carboxylic acids is 1. The molecule has 3 heteroatoms. The van der Waals surface area contributed by atoms with E-state index in [0.29, 0.717) is 13.0 Å². The Bertz CT molecular complexity index is 366. The van der Waals surface area contributed by atoms with E-state index in [4.69, 9.17) is 10.5 Å². The van der Waals surface area contributed by atoms with E-state index in [9.17, 15) is 4.79 Å². The lowest BCUT2D eigenvalue weighted by Crippen LogP contribution is -2.24. The van der Waals surface area contributed by atoms with Gasteiger partial charge in [-0.2, -0.15) is 0 Å². The van der Waals surface area contributed by atoms with Crippen molar-refractivity contribution in [2.24, 2.45) is 5.73 Å². The average molecular weight is 221 g/mol. The zero-order chi connectivity index (χ0) is 12.2. The summed E-state index contributed by atoms with van der Waals surface area (Å²) in [5.74, 6) is -0.207. The number of hydrogen-bond acceptors (Lipinski definition) is 3. The number of hydrogen-bond donors (Lipinski definition) is 1. The molecule has 0 heterocycles. The van der Waals surface area contributed by atoms with Crippen LogP contribution in [0.15, 0.2) is 24.3 Å². The van der Waals surface area contributed by atoms with E-state index in [2.05, 4.69) is 0 Å². The fourth-order valence-corrected chi connectivity index (χ4v) is 1.41. The van der Waals surface area contributed by atoms with E-state index in [1.807, 2.05) is 45.0 Å². The quantitative estimate of drug-likeness (QED) is 0.794. The number of benzene rings is 1. The van der Waals surface area contributed by atoms with Gasteiger partial charge in [0.15, 0.2) is 0 Å². The fraction of sp³-hybridized carbons (Fsp3) is 0.462. The van der Waals surface area contributed by atoms with Crippen molar-refractivity contribution in [3.05, 3.63) is 35.4 Å². The Balaban J connectivity index is 2.62. The van der Waals surface area contributed by atoms with Crippen molar-refractivity contribution in [3.63, 3.8) is 0 Å². The smallest absolute Gasteiger partial charge is 0.310 e. The highest BCUT2D eigenvalue weighted by Gasteiger charge is 2.16. The van der Waals surface area contributed by atoms with Crippen LogP contribution >= 0.6 is 0 Å². The van der Waals surface area contributed by atoms with E-state index in [1.165, 1.54) is 0 Å². The Labute approximate surface area is 96.6 Å². The van der Waals surface area contributed by atoms with Gasteiger partial charge in [0, 0.05) is 6.54 Å². The van der Waals surface area contributed by atoms with Crippen molar-refractivity contribution in [1.82, 2.24) is 0 Å². The summed E-state index contributed by atoms with van der Waals surface area (Å²) < 4.78 is 5.24. The molecule has 0 unspecified atom stereocenters. The molecule has 0 amide bonds. The first-order valence-corrected chi connectivity index (χ1v) is 5.40. The molecule has 0 atom stereocenters. The summed E-state index contributed by atoms with van der Waals surface area (Å²) in [6.45, 7) is 6.08. The maximum absolute atomic E-state index is 11.6. The minimum absolute atomic E-state index is 0.207. The summed E-state index contributed by atoms with van der Waals surface area (Å²) >= 11 is 0. The van der Waals surface area contributed by atoms with E-state index in [1.54, 1.807) is 0 Å². The van der Waals surface area contributed by atoms with Gasteiger partial charge in [0.05, 0.1) is 6.42 Å². The molecule has 0 saturated heterocycles. The molecule has 0 aromatic heterocycles. The second kappa shape index (κ2) is 5.12. The summed E-state index contributed by atoms with van der Waals surface area (Å²) in [7, 11) is 0. The average Bonchev–Trinajstić information content (AvgIpc) is 2.15. The van der Waals surface area contributed by atoms with E-state index in [0.717, 1.165) is 11.1 Å². The zero-order valence-electron chi connectivity index (χ0n) is 10.1. The molecule has 0 saturated carbocycles. The van der Waals surface area contributed by atoms with Crippen LogP contribution < -0.4 is 5.73 Å². The monoisotopic (exact) mass is 221 g/mol. The topological polar surface area (TPSA) is 52.3 Å². The third-order valence-electron chi connectivity index (χ3n) is 2.00. The number of rotatable bonds is 3. The van der Waals surface area contributed by atoms with Crippen molar-refractivity contribution in [2.45, 2.75) is 39.3 Å². The molecular formula is C13H19NO2. The van der Waals surface area contributed by atoms with Crippen LogP contribution in [0.3, 0.4) is 0 Å². The van der Waals surface area contributed by atoms with Crippen LogP contribution in [0.5, 0.6) is 0 Å². The molecule has 3 nitrogen and oxygen atoms in total. The predicted molar refractivity (Wildman–Crippen MR) is 63.9 cm³/mol. The van der Waals surface area contributed by atoms with Gasteiger partial charge in [-0.25, -0.2) is 0 Å². The summed E-state index contributed by atoms with van der Waals surface area (Å²) in [5, 5.41) is 0. The fourth-order valence-electron chi connectivity index (χ4n) is 1.41. The Morgan fingerprint density at radius 1 is 1.31 bits per heavy atom. The second-order valence-corrected chi connectivity index (χ2v) is 4.79. The normalized spacial score (nSPS) is 11.2. The standard InChI is InChI=1S/C13H19NO2/c1-13(2,3)16-12(15)8-10-5-4-6-11(7-10)9-14/h4-7H,8-9,14H2,1-3H3. The molecule has 88 valence electrons. The number of nitrogens with two attached hydrogens (primary N) is 1. The lowest BCUT2D eigenvalue weighted by atomic mass is 10.1. The minimum atomic E-state index is -0.428. The van der Waals surface area contributed by atoms with Crippen molar-refractivity contribution in [3.8, 4) is 0 Å². The van der Waals surface area contributed by atoms with Crippen LogP contribution in [0.2, 0.25) is 0 Å². The first-order valence-electron chi connectivity index (χ1n) is 5.40. The lowest BCUT2D eigenvalue weighted by Gasteiger charge is -2.19. The van der Waals surface area contributed by atoms with E-state index >= 15 is 0 Å². The molecule has 16 heavy (non-hydrogen) atoms. The Kier molecular flexibility index (Phi) is 4.07. The van der Waals surface area contributed by atoms with Crippen LogP contribution in [-0.2, 0) is 22.5 Å². The molecule has 0 radical (unpaired) electrons. The number of esters is 1. The van der Waals surface area contributed by atoms with Crippen LogP contribution in [0.1, 0.15) is 31.9 Å². The van der Waals surface area contributed by atoms with Crippen molar-refractivity contribution >= 4 is 5.97 Å². The molecule has 0 aliphatic rings. The molecule has 0 aliphatic heterocycles. The highest BCUT2D eigenvalue weighted by Crippen LogP contribution is 2.11. The van der Waals surface area contributed by atoms with Crippen molar-refractivity contribution in [1.29, 1.82) is 0 Å². The second-order valence-electron chi connectivity index (χ2n) is 4.79. The van der Waals surface area contributed by atoms with Crippen LogP contribution in [-0.4, -0.2) is 11.6 Å². The van der Waals surface area contributed by atoms with Gasteiger partial charge < -0.3 is 10.5 Å².